The van der Waals surface area contributed by atoms with Crippen molar-refractivity contribution in [2.75, 3.05) is 13.1 Å². The van der Waals surface area contributed by atoms with Crippen LogP contribution in [0.2, 0.25) is 0 Å². The first-order chi connectivity index (χ1) is 4.84. The first-order valence-corrected chi connectivity index (χ1v) is 4.58. The predicted molar refractivity (Wildman–Crippen MR) is 45.2 cm³/mol. The molecule has 1 unspecified atom stereocenters. The van der Waals surface area contributed by atoms with Crippen molar-refractivity contribution in [2.45, 2.75) is 45.6 Å². The minimum atomic E-state index is 0.840. The quantitative estimate of drug-likeness (QED) is 0.583. The van der Waals surface area contributed by atoms with E-state index < -0.39 is 0 Å². The molecule has 0 saturated carbocycles. The molecular weight excluding hydrogens is 122 g/mol. The van der Waals surface area contributed by atoms with E-state index in [1.165, 1.54) is 38.8 Å². The summed E-state index contributed by atoms with van der Waals surface area (Å²) in [7, 11) is 0. The van der Waals surface area contributed by atoms with Crippen molar-refractivity contribution < 1.29 is 0 Å². The average molecular weight is 141 g/mol. The number of nitrogens with zero attached hydrogens (tertiary/aromatic N) is 1. The molecule has 1 heterocycles. The van der Waals surface area contributed by atoms with Gasteiger partial charge >= 0.3 is 0 Å². The van der Waals surface area contributed by atoms with Gasteiger partial charge in [0, 0.05) is 6.04 Å². The first kappa shape index (κ1) is 8.06. The molecule has 0 aromatic rings. The van der Waals surface area contributed by atoms with Crippen molar-refractivity contribution in [1.29, 1.82) is 0 Å². The van der Waals surface area contributed by atoms with Crippen molar-refractivity contribution in [2.24, 2.45) is 0 Å². The second-order valence-electron chi connectivity index (χ2n) is 3.38. The molecule has 1 aliphatic heterocycles. The van der Waals surface area contributed by atoms with Gasteiger partial charge in [0.1, 0.15) is 0 Å². The lowest BCUT2D eigenvalue weighted by molar-refractivity contribution is 0.246. The molecule has 0 aromatic carbocycles. The van der Waals surface area contributed by atoms with Gasteiger partial charge in [-0.1, -0.05) is 13.3 Å². The third-order valence-electron chi connectivity index (χ3n) is 2.47. The maximum absolute atomic E-state index is 2.61. The van der Waals surface area contributed by atoms with Crippen LogP contribution in [0.15, 0.2) is 0 Å². The summed E-state index contributed by atoms with van der Waals surface area (Å²) in [5.74, 6) is 0. The van der Waals surface area contributed by atoms with E-state index in [9.17, 15) is 0 Å². The van der Waals surface area contributed by atoms with Gasteiger partial charge in [-0.15, -0.1) is 0 Å². The Hall–Kier alpha value is -0.0400. The Bertz CT molecular complexity index is 84.7. The Morgan fingerprint density at radius 2 is 1.90 bits per heavy atom. The molecule has 0 N–H and O–H groups in total. The monoisotopic (exact) mass is 141 g/mol. The molecular formula is C9H19N. The van der Waals surface area contributed by atoms with Gasteiger partial charge in [-0.2, -0.15) is 0 Å². The summed E-state index contributed by atoms with van der Waals surface area (Å²) in [6.07, 6.45) is 5.56. The summed E-state index contributed by atoms with van der Waals surface area (Å²) >= 11 is 0. The molecule has 1 heteroatoms. The molecule has 1 nitrogen and oxygen atoms in total. The van der Waals surface area contributed by atoms with Crippen molar-refractivity contribution >= 4 is 0 Å². The van der Waals surface area contributed by atoms with Crippen LogP contribution >= 0.6 is 0 Å². The Morgan fingerprint density at radius 1 is 1.30 bits per heavy atom. The van der Waals surface area contributed by atoms with E-state index in [0.29, 0.717) is 0 Å². The molecule has 10 heavy (non-hydrogen) atoms. The van der Waals surface area contributed by atoms with E-state index in [0.717, 1.165) is 6.04 Å². The van der Waals surface area contributed by atoms with Crippen molar-refractivity contribution in [3.05, 3.63) is 0 Å². The van der Waals surface area contributed by atoms with Gasteiger partial charge in [0.05, 0.1) is 0 Å². The lowest BCUT2D eigenvalue weighted by Gasteiger charge is -2.22. The topological polar surface area (TPSA) is 3.24 Å². The van der Waals surface area contributed by atoms with Crippen LogP contribution in [0.3, 0.4) is 0 Å². The zero-order valence-electron chi connectivity index (χ0n) is 7.27. The summed E-state index contributed by atoms with van der Waals surface area (Å²) in [6, 6.07) is 0.840. The third kappa shape index (κ3) is 1.98. The van der Waals surface area contributed by atoms with Crippen LogP contribution in [-0.4, -0.2) is 24.0 Å². The second-order valence-corrected chi connectivity index (χ2v) is 3.38. The summed E-state index contributed by atoms with van der Waals surface area (Å²) in [4.78, 5) is 2.61. The fourth-order valence-corrected chi connectivity index (χ4v) is 1.78. The van der Waals surface area contributed by atoms with Gasteiger partial charge in [0.15, 0.2) is 0 Å². The number of likely N-dealkylation sites (tertiary alicyclic amines) is 1. The zero-order valence-corrected chi connectivity index (χ0v) is 7.27. The van der Waals surface area contributed by atoms with Crippen LogP contribution in [0.4, 0.5) is 0 Å². The minimum Gasteiger partial charge on any atom is -0.301 e. The highest BCUT2D eigenvalue weighted by molar-refractivity contribution is 4.71. The normalized spacial score (nSPS) is 23.4. The molecule has 1 fully saturated rings. The summed E-state index contributed by atoms with van der Waals surface area (Å²) in [5, 5.41) is 0. The Morgan fingerprint density at radius 3 is 2.40 bits per heavy atom. The molecule has 0 spiro atoms. The molecule has 60 valence electrons. The largest absolute Gasteiger partial charge is 0.301 e. The van der Waals surface area contributed by atoms with E-state index >= 15 is 0 Å². The maximum Gasteiger partial charge on any atom is 0.00668 e. The van der Waals surface area contributed by atoms with Crippen LogP contribution < -0.4 is 0 Å². The third-order valence-corrected chi connectivity index (χ3v) is 2.47. The zero-order chi connectivity index (χ0) is 7.40. The summed E-state index contributed by atoms with van der Waals surface area (Å²) < 4.78 is 0. The van der Waals surface area contributed by atoms with Crippen LogP contribution in [0.1, 0.15) is 39.5 Å². The fraction of sp³-hybridized carbons (Fsp3) is 1.00. The Balaban J connectivity index is 2.18. The molecule has 0 aliphatic carbocycles. The summed E-state index contributed by atoms with van der Waals surface area (Å²) in [5.41, 5.74) is 0. The van der Waals surface area contributed by atoms with Crippen LogP contribution in [-0.2, 0) is 0 Å². The Labute approximate surface area is 64.4 Å². The van der Waals surface area contributed by atoms with E-state index in [1.807, 2.05) is 0 Å². The Kier molecular flexibility index (Phi) is 3.20. The lowest BCUT2D eigenvalue weighted by atomic mass is 10.2. The molecule has 1 aliphatic rings. The summed E-state index contributed by atoms with van der Waals surface area (Å²) in [6.45, 7) is 7.32. The van der Waals surface area contributed by atoms with Crippen molar-refractivity contribution in [3.63, 3.8) is 0 Å². The van der Waals surface area contributed by atoms with E-state index in [4.69, 9.17) is 0 Å². The molecule has 0 aromatic heterocycles. The van der Waals surface area contributed by atoms with Crippen molar-refractivity contribution in [1.82, 2.24) is 4.90 Å². The standard InChI is InChI=1S/C9H19N/c1-3-6-9(2)10-7-4-5-8-10/h9H,3-8H2,1-2H3. The van der Waals surface area contributed by atoms with Gasteiger partial charge in [-0.3, -0.25) is 0 Å². The SMILES string of the molecule is CCCC(C)N1CCCC1. The van der Waals surface area contributed by atoms with Crippen LogP contribution in [0.5, 0.6) is 0 Å². The number of hydrogen-bond donors (Lipinski definition) is 0. The highest BCUT2D eigenvalue weighted by atomic mass is 15.2. The first-order valence-electron chi connectivity index (χ1n) is 4.58. The molecule has 1 saturated heterocycles. The maximum atomic E-state index is 2.61. The average Bonchev–Trinajstić information content (AvgIpc) is 2.38. The fourth-order valence-electron chi connectivity index (χ4n) is 1.78. The number of hydrogen-bond acceptors (Lipinski definition) is 1. The highest BCUT2D eigenvalue weighted by Crippen LogP contribution is 2.14. The molecule has 0 radical (unpaired) electrons. The van der Waals surface area contributed by atoms with Crippen LogP contribution in [0, 0.1) is 0 Å². The van der Waals surface area contributed by atoms with E-state index in [-0.39, 0.29) is 0 Å². The van der Waals surface area contributed by atoms with Crippen molar-refractivity contribution in [3.8, 4) is 0 Å². The van der Waals surface area contributed by atoms with E-state index in [1.54, 1.807) is 0 Å². The molecule has 1 rings (SSSR count). The van der Waals surface area contributed by atoms with Gasteiger partial charge in [0.25, 0.3) is 0 Å². The van der Waals surface area contributed by atoms with Gasteiger partial charge in [-0.25, -0.2) is 0 Å². The number of rotatable bonds is 3. The minimum absolute atomic E-state index is 0.840. The lowest BCUT2D eigenvalue weighted by Crippen LogP contribution is -2.29. The molecule has 0 amide bonds. The van der Waals surface area contributed by atoms with Crippen LogP contribution in [0.25, 0.3) is 0 Å². The molecule has 0 bridgehead atoms. The van der Waals surface area contributed by atoms with Gasteiger partial charge < -0.3 is 4.90 Å². The smallest absolute Gasteiger partial charge is 0.00668 e. The predicted octanol–water partition coefficient (Wildman–Crippen LogP) is 2.27. The van der Waals surface area contributed by atoms with Gasteiger partial charge in [-0.05, 0) is 39.3 Å². The second kappa shape index (κ2) is 3.97. The highest BCUT2D eigenvalue weighted by Gasteiger charge is 2.16. The molecule has 1 atom stereocenters. The van der Waals surface area contributed by atoms with E-state index in [2.05, 4.69) is 18.7 Å². The van der Waals surface area contributed by atoms with Gasteiger partial charge in [0.2, 0.25) is 0 Å².